The molecule has 6 nitrogen and oxygen atoms in total. The molecule has 0 fully saturated rings. The Labute approximate surface area is 93.6 Å². The number of carboxylic acid groups (broad SMARTS) is 1. The molecule has 0 aliphatic carbocycles. The van der Waals surface area contributed by atoms with Gasteiger partial charge in [0.05, 0.1) is 10.5 Å². The van der Waals surface area contributed by atoms with E-state index in [0.29, 0.717) is 0 Å². The minimum absolute atomic E-state index is 0.168. The van der Waals surface area contributed by atoms with E-state index in [1.165, 1.54) is 6.92 Å². The van der Waals surface area contributed by atoms with Crippen molar-refractivity contribution in [3.8, 4) is 5.75 Å². The summed E-state index contributed by atoms with van der Waals surface area (Å²) in [5.41, 5.74) is -0.595. The molecule has 0 unspecified atom stereocenters. The van der Waals surface area contributed by atoms with Gasteiger partial charge in [0.2, 0.25) is 0 Å². The van der Waals surface area contributed by atoms with Crippen LogP contribution in [0, 0.1) is 17.0 Å². The summed E-state index contributed by atoms with van der Waals surface area (Å²) in [6.45, 7) is 1.19. The number of hydrogen-bond acceptors (Lipinski definition) is 4. The van der Waals surface area contributed by atoms with E-state index >= 15 is 0 Å². The van der Waals surface area contributed by atoms with Crippen molar-refractivity contribution >= 4 is 11.7 Å². The number of benzene rings is 1. The highest BCUT2D eigenvalue weighted by Crippen LogP contribution is 2.30. The topological polar surface area (TPSA) is 89.7 Å². The molecule has 0 aliphatic heterocycles. The Hall–Kier alpha value is -2.25. The van der Waals surface area contributed by atoms with E-state index in [4.69, 9.17) is 5.11 Å². The molecule has 0 saturated heterocycles. The van der Waals surface area contributed by atoms with E-state index in [-0.39, 0.29) is 5.56 Å². The summed E-state index contributed by atoms with van der Waals surface area (Å²) in [5.74, 6) is -3.02. The average molecular weight is 247 g/mol. The zero-order valence-electron chi connectivity index (χ0n) is 8.52. The van der Waals surface area contributed by atoms with Crippen LogP contribution in [0.3, 0.4) is 0 Å². The van der Waals surface area contributed by atoms with Crippen molar-refractivity contribution in [3.05, 3.63) is 33.9 Å². The fourth-order valence-corrected chi connectivity index (χ4v) is 1.09. The molecule has 1 aromatic rings. The first-order valence-corrected chi connectivity index (χ1v) is 4.30. The highest BCUT2D eigenvalue weighted by molar-refractivity contribution is 5.74. The van der Waals surface area contributed by atoms with Crippen molar-refractivity contribution in [2.75, 3.05) is 0 Å². The standard InChI is InChI=1S/C9H7F2NO5/c1-5-6(12(15)16)3-2-4-7(5)17-9(10,11)8(13)14/h2-4H,1H3,(H,13,14). The predicted octanol–water partition coefficient (Wildman–Crippen LogP) is 1.96. The SMILES string of the molecule is Cc1c(OC(F)(F)C(=O)O)cccc1[N+](=O)[O-]. The number of halogens is 2. The second kappa shape index (κ2) is 4.32. The number of alkyl halides is 2. The van der Waals surface area contributed by atoms with Crippen molar-refractivity contribution in [3.63, 3.8) is 0 Å². The van der Waals surface area contributed by atoms with Crippen LogP contribution >= 0.6 is 0 Å². The lowest BCUT2D eigenvalue weighted by Gasteiger charge is -2.14. The molecule has 92 valence electrons. The molecule has 0 heterocycles. The van der Waals surface area contributed by atoms with E-state index < -0.39 is 28.4 Å². The molecule has 0 saturated carbocycles. The molecule has 17 heavy (non-hydrogen) atoms. The van der Waals surface area contributed by atoms with Crippen LogP contribution in [0.15, 0.2) is 18.2 Å². The Morgan fingerprint density at radius 1 is 1.53 bits per heavy atom. The number of nitro groups is 1. The van der Waals surface area contributed by atoms with Crippen LogP contribution in [0.1, 0.15) is 5.56 Å². The van der Waals surface area contributed by atoms with Gasteiger partial charge in [0.25, 0.3) is 5.69 Å². The Kier molecular flexibility index (Phi) is 3.26. The summed E-state index contributed by atoms with van der Waals surface area (Å²) < 4.78 is 29.5. The lowest BCUT2D eigenvalue weighted by atomic mass is 10.2. The van der Waals surface area contributed by atoms with Gasteiger partial charge in [0.15, 0.2) is 0 Å². The number of nitro benzene ring substituents is 1. The highest BCUT2D eigenvalue weighted by Gasteiger charge is 2.43. The second-order valence-corrected chi connectivity index (χ2v) is 3.08. The summed E-state index contributed by atoms with van der Waals surface area (Å²) in [4.78, 5) is 19.9. The van der Waals surface area contributed by atoms with Gasteiger partial charge in [-0.2, -0.15) is 8.78 Å². The van der Waals surface area contributed by atoms with Gasteiger partial charge in [0.1, 0.15) is 5.75 Å². The van der Waals surface area contributed by atoms with Crippen molar-refractivity contribution in [1.29, 1.82) is 0 Å². The fourth-order valence-electron chi connectivity index (χ4n) is 1.09. The maximum absolute atomic E-state index is 12.8. The Bertz CT molecular complexity index is 474. The first-order valence-electron chi connectivity index (χ1n) is 4.30. The quantitative estimate of drug-likeness (QED) is 0.648. The van der Waals surface area contributed by atoms with Crippen LogP contribution in [0.2, 0.25) is 0 Å². The minimum Gasteiger partial charge on any atom is -0.474 e. The Morgan fingerprint density at radius 2 is 2.12 bits per heavy atom. The number of aliphatic carboxylic acids is 1. The number of carbonyl (C=O) groups is 1. The number of hydrogen-bond donors (Lipinski definition) is 1. The normalized spacial score (nSPS) is 11.0. The summed E-state index contributed by atoms with van der Waals surface area (Å²) >= 11 is 0. The Balaban J connectivity index is 3.13. The molecule has 8 heteroatoms. The van der Waals surface area contributed by atoms with Gasteiger partial charge in [-0.25, -0.2) is 4.79 Å². The largest absolute Gasteiger partial charge is 0.501 e. The molecule has 1 rings (SSSR count). The van der Waals surface area contributed by atoms with Gasteiger partial charge in [-0.1, -0.05) is 6.07 Å². The predicted molar refractivity (Wildman–Crippen MR) is 51.0 cm³/mol. The summed E-state index contributed by atoms with van der Waals surface area (Å²) in [6.07, 6.45) is -4.43. The third kappa shape index (κ3) is 2.65. The summed E-state index contributed by atoms with van der Waals surface area (Å²) in [6, 6.07) is 3.25. The monoisotopic (exact) mass is 247 g/mol. The van der Waals surface area contributed by atoms with E-state index in [0.717, 1.165) is 18.2 Å². The highest BCUT2D eigenvalue weighted by atomic mass is 19.3. The van der Waals surface area contributed by atoms with Crippen LogP contribution < -0.4 is 4.74 Å². The van der Waals surface area contributed by atoms with Crippen molar-refractivity contribution < 1.29 is 28.3 Å². The van der Waals surface area contributed by atoms with E-state index in [1.807, 2.05) is 0 Å². The van der Waals surface area contributed by atoms with Crippen LogP contribution in [0.25, 0.3) is 0 Å². The van der Waals surface area contributed by atoms with Crippen LogP contribution in [0.4, 0.5) is 14.5 Å². The molecular weight excluding hydrogens is 240 g/mol. The maximum atomic E-state index is 12.8. The Morgan fingerprint density at radius 3 is 2.59 bits per heavy atom. The first kappa shape index (κ1) is 12.8. The van der Waals surface area contributed by atoms with Crippen molar-refractivity contribution in [1.82, 2.24) is 0 Å². The van der Waals surface area contributed by atoms with Gasteiger partial charge in [0, 0.05) is 6.07 Å². The zero-order valence-corrected chi connectivity index (χ0v) is 8.52. The van der Waals surface area contributed by atoms with Gasteiger partial charge >= 0.3 is 12.1 Å². The van der Waals surface area contributed by atoms with Crippen molar-refractivity contribution in [2.45, 2.75) is 13.0 Å². The zero-order chi connectivity index (χ0) is 13.2. The van der Waals surface area contributed by atoms with E-state index in [9.17, 15) is 23.7 Å². The van der Waals surface area contributed by atoms with Gasteiger partial charge < -0.3 is 9.84 Å². The number of rotatable bonds is 4. The average Bonchev–Trinajstić information content (AvgIpc) is 2.20. The molecule has 0 amide bonds. The number of nitrogens with zero attached hydrogens (tertiary/aromatic N) is 1. The molecule has 0 radical (unpaired) electrons. The number of carboxylic acids is 1. The third-order valence-corrected chi connectivity index (χ3v) is 1.94. The maximum Gasteiger partial charge on any atom is 0.501 e. The van der Waals surface area contributed by atoms with Gasteiger partial charge in [-0.3, -0.25) is 10.1 Å². The molecule has 0 aliphatic rings. The lowest BCUT2D eigenvalue weighted by molar-refractivity contribution is -0.385. The van der Waals surface area contributed by atoms with Crippen LogP contribution in [0.5, 0.6) is 5.75 Å². The smallest absolute Gasteiger partial charge is 0.474 e. The fraction of sp³-hybridized carbons (Fsp3) is 0.222. The summed E-state index contributed by atoms with van der Waals surface area (Å²) in [5, 5.41) is 18.7. The van der Waals surface area contributed by atoms with Crippen LogP contribution in [-0.2, 0) is 4.79 Å². The molecule has 0 aromatic heterocycles. The van der Waals surface area contributed by atoms with Crippen LogP contribution in [-0.4, -0.2) is 22.1 Å². The third-order valence-electron chi connectivity index (χ3n) is 1.94. The van der Waals surface area contributed by atoms with Crippen molar-refractivity contribution in [2.24, 2.45) is 0 Å². The first-order chi connectivity index (χ1) is 7.75. The van der Waals surface area contributed by atoms with Gasteiger partial charge in [-0.05, 0) is 13.0 Å². The molecule has 1 N–H and O–H groups in total. The molecule has 0 spiro atoms. The molecule has 1 aromatic carbocycles. The molecular formula is C9H7F2NO5. The second-order valence-electron chi connectivity index (χ2n) is 3.08. The van der Waals surface area contributed by atoms with E-state index in [2.05, 4.69) is 4.74 Å². The molecule has 0 atom stereocenters. The summed E-state index contributed by atoms with van der Waals surface area (Å²) in [7, 11) is 0. The minimum atomic E-state index is -4.43. The number of ether oxygens (including phenoxy) is 1. The van der Waals surface area contributed by atoms with E-state index in [1.54, 1.807) is 0 Å². The lowest BCUT2D eigenvalue weighted by Crippen LogP contribution is -2.35. The molecule has 0 bridgehead atoms. The van der Waals surface area contributed by atoms with Gasteiger partial charge in [-0.15, -0.1) is 0 Å².